The summed E-state index contributed by atoms with van der Waals surface area (Å²) in [5, 5.41) is 3.60. The van der Waals surface area contributed by atoms with E-state index in [1.807, 2.05) is 31.5 Å². The van der Waals surface area contributed by atoms with Crippen molar-refractivity contribution < 1.29 is 14.3 Å². The highest BCUT2D eigenvalue weighted by Gasteiger charge is 2.30. The van der Waals surface area contributed by atoms with Gasteiger partial charge in [-0.1, -0.05) is 6.92 Å². The van der Waals surface area contributed by atoms with Gasteiger partial charge in [-0.3, -0.25) is 4.79 Å². The lowest BCUT2D eigenvalue weighted by molar-refractivity contribution is -0.118. The number of imidazole rings is 1. The zero-order chi connectivity index (χ0) is 19.7. The molecule has 0 bridgehead atoms. The molecule has 2 atom stereocenters. The highest BCUT2D eigenvalue weighted by atomic mass is 32.1. The number of rotatable bonds is 5. The van der Waals surface area contributed by atoms with Crippen LogP contribution in [0, 0.1) is 19.8 Å². The van der Waals surface area contributed by atoms with Crippen LogP contribution in [-0.4, -0.2) is 28.0 Å². The number of hydrogen-bond donors (Lipinski definition) is 1. The van der Waals surface area contributed by atoms with Gasteiger partial charge in [0.2, 0.25) is 5.91 Å². The third kappa shape index (κ3) is 3.93. The Morgan fingerprint density at radius 1 is 1.44 bits per heavy atom. The summed E-state index contributed by atoms with van der Waals surface area (Å²) in [4.78, 5) is 31.0. The van der Waals surface area contributed by atoms with Gasteiger partial charge in [-0.25, -0.2) is 9.78 Å². The molecule has 6 nitrogen and oxygen atoms in total. The molecule has 3 rings (SSSR count). The van der Waals surface area contributed by atoms with Gasteiger partial charge in [0, 0.05) is 11.1 Å². The van der Waals surface area contributed by atoms with E-state index in [-0.39, 0.29) is 11.9 Å². The van der Waals surface area contributed by atoms with Crippen molar-refractivity contribution in [2.24, 2.45) is 5.92 Å². The molecule has 0 spiro atoms. The van der Waals surface area contributed by atoms with Crippen molar-refractivity contribution in [1.82, 2.24) is 9.55 Å². The molecule has 0 saturated carbocycles. The zero-order valence-electron chi connectivity index (χ0n) is 16.6. The quantitative estimate of drug-likeness (QED) is 0.783. The Kier molecular flexibility index (Phi) is 5.69. The number of amides is 1. The van der Waals surface area contributed by atoms with Gasteiger partial charge in [-0.05, 0) is 58.4 Å². The number of fused-ring (bicyclic) bond motifs is 1. The average Bonchev–Trinajstić information content (AvgIpc) is 3.12. The summed E-state index contributed by atoms with van der Waals surface area (Å²) in [6.07, 6.45) is 4.71. The van der Waals surface area contributed by atoms with E-state index in [4.69, 9.17) is 4.74 Å². The standard InChI is InChI=1S/C20H27N3O3S/c1-6-26-20(25)17-15-8-7-11(2)9-16(15)27-19(17)22-18(24)13(4)23-10-12(3)21-14(23)5/h10-11,13H,6-9H2,1-5H3,(H,22,24). The van der Waals surface area contributed by atoms with E-state index < -0.39 is 6.04 Å². The third-order valence-corrected chi connectivity index (χ3v) is 6.23. The summed E-state index contributed by atoms with van der Waals surface area (Å²) in [5.41, 5.74) is 2.47. The van der Waals surface area contributed by atoms with Crippen LogP contribution in [0.5, 0.6) is 0 Å². The van der Waals surface area contributed by atoms with E-state index in [2.05, 4.69) is 17.2 Å². The molecule has 2 aromatic rings. The minimum absolute atomic E-state index is 0.160. The lowest BCUT2D eigenvalue weighted by Gasteiger charge is -2.18. The van der Waals surface area contributed by atoms with Crippen molar-refractivity contribution >= 4 is 28.2 Å². The Balaban J connectivity index is 1.90. The first-order chi connectivity index (χ1) is 12.8. The molecular formula is C20H27N3O3S. The number of ether oxygens (including phenoxy) is 1. The van der Waals surface area contributed by atoms with Gasteiger partial charge in [-0.2, -0.15) is 0 Å². The number of hydrogen-bond acceptors (Lipinski definition) is 5. The number of aromatic nitrogens is 2. The lowest BCUT2D eigenvalue weighted by atomic mass is 9.88. The van der Waals surface area contributed by atoms with Crippen LogP contribution in [0.1, 0.15) is 65.6 Å². The maximum atomic E-state index is 12.9. The predicted octanol–water partition coefficient (Wildman–Crippen LogP) is 4.06. The summed E-state index contributed by atoms with van der Waals surface area (Å²) in [6, 6.07) is -0.417. The second-order valence-electron chi connectivity index (χ2n) is 7.28. The van der Waals surface area contributed by atoms with Crippen molar-refractivity contribution in [3.8, 4) is 0 Å². The van der Waals surface area contributed by atoms with E-state index in [1.54, 1.807) is 6.92 Å². The topological polar surface area (TPSA) is 73.2 Å². The molecule has 146 valence electrons. The molecule has 27 heavy (non-hydrogen) atoms. The molecule has 2 aromatic heterocycles. The van der Waals surface area contributed by atoms with Crippen molar-refractivity contribution in [2.75, 3.05) is 11.9 Å². The summed E-state index contributed by atoms with van der Waals surface area (Å²) >= 11 is 1.51. The van der Waals surface area contributed by atoms with Crippen LogP contribution in [0.3, 0.4) is 0 Å². The number of nitrogens with one attached hydrogen (secondary N) is 1. The number of esters is 1. The first-order valence-corrected chi connectivity index (χ1v) is 10.3. The summed E-state index contributed by atoms with van der Waals surface area (Å²) in [7, 11) is 0. The molecule has 0 aliphatic heterocycles. The van der Waals surface area contributed by atoms with Gasteiger partial charge < -0.3 is 14.6 Å². The number of aryl methyl sites for hydroxylation is 2. The number of carbonyl (C=O) groups is 2. The van der Waals surface area contributed by atoms with Crippen molar-refractivity contribution in [2.45, 2.75) is 59.9 Å². The molecule has 0 aromatic carbocycles. The van der Waals surface area contributed by atoms with Crippen molar-refractivity contribution in [3.05, 3.63) is 33.7 Å². The van der Waals surface area contributed by atoms with Gasteiger partial charge in [0.1, 0.15) is 16.9 Å². The van der Waals surface area contributed by atoms with Crippen LogP contribution < -0.4 is 5.32 Å². The molecule has 0 saturated heterocycles. The SMILES string of the molecule is CCOC(=O)c1c(NC(=O)C(C)n2cc(C)nc2C)sc2c1CCC(C)C2. The fourth-order valence-corrected chi connectivity index (χ4v) is 5.03. The first-order valence-electron chi connectivity index (χ1n) is 9.46. The van der Waals surface area contributed by atoms with Crippen LogP contribution in [0.2, 0.25) is 0 Å². The maximum absolute atomic E-state index is 12.9. The minimum atomic E-state index is -0.417. The van der Waals surface area contributed by atoms with Gasteiger partial charge >= 0.3 is 5.97 Å². The normalized spacial score (nSPS) is 17.3. The van der Waals surface area contributed by atoms with Gasteiger partial charge in [0.05, 0.1) is 17.9 Å². The molecule has 1 amide bonds. The van der Waals surface area contributed by atoms with Crippen LogP contribution in [0.25, 0.3) is 0 Å². The fourth-order valence-electron chi connectivity index (χ4n) is 3.63. The monoisotopic (exact) mass is 389 g/mol. The zero-order valence-corrected chi connectivity index (χ0v) is 17.4. The molecule has 1 aliphatic carbocycles. The number of thiophene rings is 1. The Morgan fingerprint density at radius 3 is 2.81 bits per heavy atom. The van der Waals surface area contributed by atoms with E-state index in [0.717, 1.165) is 36.3 Å². The largest absolute Gasteiger partial charge is 0.462 e. The van der Waals surface area contributed by atoms with Crippen molar-refractivity contribution in [1.29, 1.82) is 0 Å². The number of carbonyl (C=O) groups excluding carboxylic acids is 2. The molecule has 1 aliphatic rings. The molecule has 1 N–H and O–H groups in total. The first kappa shape index (κ1) is 19.6. The third-order valence-electron chi connectivity index (χ3n) is 5.06. The smallest absolute Gasteiger partial charge is 0.341 e. The highest BCUT2D eigenvalue weighted by molar-refractivity contribution is 7.17. The Bertz CT molecular complexity index is 868. The maximum Gasteiger partial charge on any atom is 0.341 e. The number of nitrogens with zero attached hydrogens (tertiary/aromatic N) is 2. The summed E-state index contributed by atoms with van der Waals surface area (Å²) in [6.45, 7) is 9.95. The van der Waals surface area contributed by atoms with E-state index in [0.29, 0.717) is 23.1 Å². The predicted molar refractivity (Wildman–Crippen MR) is 107 cm³/mol. The molecule has 7 heteroatoms. The van der Waals surface area contributed by atoms with Crippen molar-refractivity contribution in [3.63, 3.8) is 0 Å². The van der Waals surface area contributed by atoms with E-state index in [1.165, 1.54) is 16.2 Å². The summed E-state index contributed by atoms with van der Waals surface area (Å²) < 4.78 is 7.12. The minimum Gasteiger partial charge on any atom is -0.462 e. The van der Waals surface area contributed by atoms with E-state index >= 15 is 0 Å². The molecular weight excluding hydrogens is 362 g/mol. The second kappa shape index (κ2) is 7.84. The molecule has 0 radical (unpaired) electrons. The molecule has 0 fully saturated rings. The van der Waals surface area contributed by atoms with Crippen LogP contribution >= 0.6 is 11.3 Å². The van der Waals surface area contributed by atoms with Crippen LogP contribution in [0.4, 0.5) is 5.00 Å². The van der Waals surface area contributed by atoms with Gasteiger partial charge in [0.15, 0.2) is 0 Å². The Hall–Kier alpha value is -2.15. The number of anilines is 1. The Morgan fingerprint density at radius 2 is 2.19 bits per heavy atom. The average molecular weight is 390 g/mol. The summed E-state index contributed by atoms with van der Waals surface area (Å²) in [5.74, 6) is 0.875. The fraction of sp³-hybridized carbons (Fsp3) is 0.550. The lowest BCUT2D eigenvalue weighted by Crippen LogP contribution is -2.24. The van der Waals surface area contributed by atoms with Gasteiger partial charge in [-0.15, -0.1) is 11.3 Å². The Labute approximate surface area is 163 Å². The van der Waals surface area contributed by atoms with Crippen LogP contribution in [0.15, 0.2) is 6.20 Å². The van der Waals surface area contributed by atoms with Gasteiger partial charge in [0.25, 0.3) is 0 Å². The molecule has 2 unspecified atom stereocenters. The second-order valence-corrected chi connectivity index (χ2v) is 8.38. The molecule has 2 heterocycles. The highest BCUT2D eigenvalue weighted by Crippen LogP contribution is 2.40. The van der Waals surface area contributed by atoms with Crippen LogP contribution in [-0.2, 0) is 22.4 Å². The van der Waals surface area contributed by atoms with E-state index in [9.17, 15) is 9.59 Å².